The predicted octanol–water partition coefficient (Wildman–Crippen LogP) is 2.08. The predicted molar refractivity (Wildman–Crippen MR) is 152 cm³/mol. The lowest BCUT2D eigenvalue weighted by molar-refractivity contribution is -0.145. The Morgan fingerprint density at radius 3 is 2.42 bits per heavy atom. The van der Waals surface area contributed by atoms with Crippen LogP contribution < -0.4 is 14.9 Å². The number of benzene rings is 2. The monoisotopic (exact) mass is 574 g/mol. The first-order valence-electron chi connectivity index (χ1n) is 13.5. The first-order chi connectivity index (χ1) is 19.1. The molecule has 0 aromatic heterocycles. The van der Waals surface area contributed by atoms with Gasteiger partial charge in [0, 0.05) is 37.4 Å². The number of nitrogens with one attached hydrogen (secondary N) is 2. The van der Waals surface area contributed by atoms with Crippen molar-refractivity contribution in [2.24, 2.45) is 5.92 Å². The molecule has 2 atom stereocenters. The van der Waals surface area contributed by atoms with E-state index in [1.54, 1.807) is 11.0 Å². The van der Waals surface area contributed by atoms with Crippen LogP contribution in [0, 0.1) is 5.92 Å². The first kappa shape index (κ1) is 29.6. The minimum atomic E-state index is -3.56. The molecule has 2 aromatic carbocycles. The average Bonchev–Trinajstić information content (AvgIpc) is 3.43. The highest BCUT2D eigenvalue weighted by molar-refractivity contribution is 7.92. The molecule has 12 heteroatoms. The van der Waals surface area contributed by atoms with Crippen molar-refractivity contribution in [2.75, 3.05) is 55.7 Å². The summed E-state index contributed by atoms with van der Waals surface area (Å²) >= 11 is 0. The van der Waals surface area contributed by atoms with Crippen LogP contribution in [0.15, 0.2) is 42.5 Å². The number of carbonyl (C=O) groups is 2. The van der Waals surface area contributed by atoms with Crippen LogP contribution in [0.2, 0.25) is 0 Å². The number of aromatic hydroxyl groups is 1. The van der Waals surface area contributed by atoms with Gasteiger partial charge in [0.05, 0.1) is 25.2 Å². The Hall–Kier alpha value is -3.35. The summed E-state index contributed by atoms with van der Waals surface area (Å²) in [5, 5.41) is 23.8. The number of aliphatic hydroxyl groups excluding tert-OH is 1. The standard InChI is InChI=1S/C28H38N4O7S/c1-39-28(36)24-4-3-13-32(24)27(35)20-5-8-22(9-6-20)31-14-11-19(12-15-31)17-29-18-26(34)21-7-10-25(33)23(16-21)30-40(2,37)38/h5-10,16,19,24,26,29-30,33-34H,3-4,11-15,17-18H2,1-2H3/t24-,26-/m0/s1. The maximum atomic E-state index is 13.0. The fourth-order valence-electron chi connectivity index (χ4n) is 5.35. The number of amides is 1. The van der Waals surface area contributed by atoms with Crippen molar-refractivity contribution >= 4 is 33.3 Å². The number of carbonyl (C=O) groups excluding carboxylic acids is 2. The van der Waals surface area contributed by atoms with Crippen LogP contribution in [0.1, 0.15) is 47.7 Å². The number of esters is 1. The lowest BCUT2D eigenvalue weighted by Gasteiger charge is -2.34. The number of phenols is 1. The molecule has 4 rings (SSSR count). The Labute approximate surface area is 235 Å². The number of piperidine rings is 1. The maximum absolute atomic E-state index is 13.0. The lowest BCUT2D eigenvalue weighted by atomic mass is 9.96. The first-order valence-corrected chi connectivity index (χ1v) is 15.4. The molecular formula is C28H38N4O7S. The SMILES string of the molecule is COC(=O)[C@@H]1CCCN1C(=O)c1ccc(N2CCC(CNC[C@H](O)c3ccc(O)c(NS(C)(=O)=O)c3)CC2)cc1. The summed E-state index contributed by atoms with van der Waals surface area (Å²) in [5.74, 6) is -0.287. The fourth-order valence-corrected chi connectivity index (χ4v) is 5.91. The normalized spacial score (nSPS) is 18.9. The second kappa shape index (κ2) is 12.9. The van der Waals surface area contributed by atoms with Gasteiger partial charge in [0.1, 0.15) is 11.8 Å². The van der Waals surface area contributed by atoms with E-state index in [0.717, 1.165) is 50.8 Å². The molecule has 0 spiro atoms. The Morgan fingerprint density at radius 1 is 1.07 bits per heavy atom. The van der Waals surface area contributed by atoms with Crippen LogP contribution in [0.5, 0.6) is 5.75 Å². The van der Waals surface area contributed by atoms with Gasteiger partial charge in [-0.15, -0.1) is 0 Å². The van der Waals surface area contributed by atoms with E-state index in [2.05, 4.69) is 14.9 Å². The highest BCUT2D eigenvalue weighted by atomic mass is 32.2. The summed E-state index contributed by atoms with van der Waals surface area (Å²) in [5.41, 5.74) is 2.14. The van der Waals surface area contributed by atoms with Crippen LogP contribution in [0.4, 0.5) is 11.4 Å². The van der Waals surface area contributed by atoms with Crippen molar-refractivity contribution in [3.63, 3.8) is 0 Å². The maximum Gasteiger partial charge on any atom is 0.328 e. The molecule has 2 aliphatic heterocycles. The number of nitrogens with zero attached hydrogens (tertiary/aromatic N) is 2. The molecule has 2 aromatic rings. The van der Waals surface area contributed by atoms with E-state index in [1.165, 1.54) is 19.2 Å². The number of hydrogen-bond donors (Lipinski definition) is 4. The number of likely N-dealkylation sites (tertiary alicyclic amines) is 1. The summed E-state index contributed by atoms with van der Waals surface area (Å²) in [6, 6.07) is 11.4. The van der Waals surface area contributed by atoms with Gasteiger partial charge in [-0.3, -0.25) is 9.52 Å². The average molecular weight is 575 g/mol. The summed E-state index contributed by atoms with van der Waals surface area (Å²) in [6.45, 7) is 3.33. The van der Waals surface area contributed by atoms with Crippen molar-refractivity contribution in [1.82, 2.24) is 10.2 Å². The molecule has 0 saturated carbocycles. The molecule has 4 N–H and O–H groups in total. The van der Waals surface area contributed by atoms with Crippen LogP contribution in [-0.2, 0) is 19.6 Å². The summed E-state index contributed by atoms with van der Waals surface area (Å²) < 4.78 is 30.1. The second-order valence-electron chi connectivity index (χ2n) is 10.5. The third-order valence-corrected chi connectivity index (χ3v) is 8.14. The van der Waals surface area contributed by atoms with Gasteiger partial charge in [-0.25, -0.2) is 13.2 Å². The fraction of sp³-hybridized carbons (Fsp3) is 0.500. The Morgan fingerprint density at radius 2 is 1.77 bits per heavy atom. The van der Waals surface area contributed by atoms with Gasteiger partial charge >= 0.3 is 5.97 Å². The molecule has 2 fully saturated rings. The molecule has 2 saturated heterocycles. The second-order valence-corrected chi connectivity index (χ2v) is 12.2. The third kappa shape index (κ3) is 7.43. The highest BCUT2D eigenvalue weighted by Gasteiger charge is 2.35. The Bertz CT molecular complexity index is 1290. The number of rotatable bonds is 10. The molecule has 0 bridgehead atoms. The number of hydrogen-bond acceptors (Lipinski definition) is 9. The van der Waals surface area contributed by atoms with E-state index < -0.39 is 22.2 Å². The number of aliphatic hydroxyl groups is 1. The van der Waals surface area contributed by atoms with Crippen molar-refractivity contribution in [3.05, 3.63) is 53.6 Å². The van der Waals surface area contributed by atoms with Gasteiger partial charge in [0.2, 0.25) is 10.0 Å². The number of phenolic OH excluding ortho intramolecular Hbond substituents is 1. The summed E-state index contributed by atoms with van der Waals surface area (Å²) in [7, 11) is -2.21. The molecule has 218 valence electrons. The van der Waals surface area contributed by atoms with Crippen molar-refractivity contribution in [3.8, 4) is 5.75 Å². The topological polar surface area (TPSA) is 149 Å². The molecule has 40 heavy (non-hydrogen) atoms. The van der Waals surface area contributed by atoms with E-state index in [9.17, 15) is 28.2 Å². The molecule has 2 heterocycles. The van der Waals surface area contributed by atoms with Crippen LogP contribution in [0.25, 0.3) is 0 Å². The van der Waals surface area contributed by atoms with Gasteiger partial charge in [-0.2, -0.15) is 0 Å². The molecule has 0 radical (unpaired) electrons. The zero-order valence-electron chi connectivity index (χ0n) is 22.9. The molecule has 1 amide bonds. The van der Waals surface area contributed by atoms with Gasteiger partial charge in [0.25, 0.3) is 5.91 Å². The van der Waals surface area contributed by atoms with Gasteiger partial charge < -0.3 is 30.1 Å². The minimum absolute atomic E-state index is 0.0326. The zero-order valence-corrected chi connectivity index (χ0v) is 23.7. The van der Waals surface area contributed by atoms with E-state index in [4.69, 9.17) is 4.74 Å². The number of methoxy groups -OCH3 is 1. The molecule has 11 nitrogen and oxygen atoms in total. The van der Waals surface area contributed by atoms with Crippen LogP contribution >= 0.6 is 0 Å². The van der Waals surface area contributed by atoms with Gasteiger partial charge in [-0.05, 0) is 80.1 Å². The number of anilines is 2. The van der Waals surface area contributed by atoms with Crippen molar-refractivity contribution < 1.29 is 33.0 Å². The van der Waals surface area contributed by atoms with Gasteiger partial charge in [0.15, 0.2) is 0 Å². The smallest absolute Gasteiger partial charge is 0.328 e. The third-order valence-electron chi connectivity index (χ3n) is 7.55. The highest BCUT2D eigenvalue weighted by Crippen LogP contribution is 2.28. The zero-order chi connectivity index (χ0) is 28.9. The largest absolute Gasteiger partial charge is 0.506 e. The van der Waals surface area contributed by atoms with Crippen molar-refractivity contribution in [1.29, 1.82) is 0 Å². The minimum Gasteiger partial charge on any atom is -0.506 e. The Balaban J connectivity index is 1.23. The molecular weight excluding hydrogens is 536 g/mol. The quantitative estimate of drug-likeness (QED) is 0.247. The van der Waals surface area contributed by atoms with E-state index in [1.807, 2.05) is 24.3 Å². The Kier molecular flexibility index (Phi) is 9.54. The van der Waals surface area contributed by atoms with Crippen molar-refractivity contribution in [2.45, 2.75) is 37.8 Å². The lowest BCUT2D eigenvalue weighted by Crippen LogP contribution is -2.41. The molecule has 0 unspecified atom stereocenters. The molecule has 2 aliphatic rings. The van der Waals surface area contributed by atoms with E-state index >= 15 is 0 Å². The van der Waals surface area contributed by atoms with Crippen LogP contribution in [-0.4, -0.2) is 87.5 Å². The summed E-state index contributed by atoms with van der Waals surface area (Å²) in [4.78, 5) is 28.9. The molecule has 0 aliphatic carbocycles. The number of ether oxygens (including phenoxy) is 1. The number of sulfonamides is 1. The van der Waals surface area contributed by atoms with E-state index in [0.29, 0.717) is 36.6 Å². The van der Waals surface area contributed by atoms with E-state index in [-0.39, 0.29) is 23.3 Å². The van der Waals surface area contributed by atoms with Crippen LogP contribution in [0.3, 0.4) is 0 Å². The summed E-state index contributed by atoms with van der Waals surface area (Å²) in [6.07, 6.45) is 3.49. The van der Waals surface area contributed by atoms with Gasteiger partial charge in [-0.1, -0.05) is 6.07 Å².